The number of nitrogens with two attached hydrogens (primary N) is 3. The van der Waals surface area contributed by atoms with Crippen LogP contribution < -0.4 is 27.9 Å². The molecule has 2 heterocycles. The van der Waals surface area contributed by atoms with Gasteiger partial charge in [0.1, 0.15) is 11.5 Å². The summed E-state index contributed by atoms with van der Waals surface area (Å²) in [5, 5.41) is 24.1. The molecular formula is C18H17N5O3. The first-order chi connectivity index (χ1) is 12.4. The second-order valence-corrected chi connectivity index (χ2v) is 6.78. The minimum Gasteiger partial charge on any atom is -0.506 e. The van der Waals surface area contributed by atoms with Gasteiger partial charge in [0, 0.05) is 23.5 Å². The molecule has 8 nitrogen and oxygen atoms in total. The molecule has 0 saturated carbocycles. The standard InChI is InChI=1S/C18H17N5O3/c19-7-1-2-8(20)12-11(7)16(24)13-9(21)5-10-15(14(13)17(12)25)23-18(22-10)3-4-26-6-18/h1-2,5,24-25H,3-4,6,19-21H2. The zero-order valence-electron chi connectivity index (χ0n) is 13.8. The molecule has 2 aliphatic rings. The number of nitrogen functional groups attached to an aromatic ring is 3. The lowest BCUT2D eigenvalue weighted by atomic mass is 9.96. The van der Waals surface area contributed by atoms with Gasteiger partial charge in [-0.25, -0.2) is 4.99 Å². The zero-order chi connectivity index (χ0) is 18.2. The largest absolute Gasteiger partial charge is 0.506 e. The Labute approximate surface area is 147 Å². The molecule has 0 aromatic heterocycles. The Morgan fingerprint density at radius 3 is 2.12 bits per heavy atom. The first kappa shape index (κ1) is 15.0. The van der Waals surface area contributed by atoms with Crippen molar-refractivity contribution in [1.82, 2.24) is 0 Å². The summed E-state index contributed by atoms with van der Waals surface area (Å²) in [5.41, 5.74) is 18.4. The number of ether oxygens (including phenoxy) is 1. The number of phenolic OH excluding ortho intramolecular Hbond substituents is 2. The van der Waals surface area contributed by atoms with Crippen LogP contribution in [0.25, 0.3) is 21.5 Å². The highest BCUT2D eigenvalue weighted by molar-refractivity contribution is 6.20. The minimum absolute atomic E-state index is 0.115. The fraction of sp³-hybridized carbons (Fsp3) is 0.222. The normalized spacial score (nSPS) is 21.2. The third-order valence-corrected chi connectivity index (χ3v) is 5.16. The van der Waals surface area contributed by atoms with E-state index in [0.29, 0.717) is 52.5 Å². The number of fused-ring (bicyclic) bond motifs is 4. The van der Waals surface area contributed by atoms with Crippen LogP contribution in [-0.4, -0.2) is 29.1 Å². The second kappa shape index (κ2) is 4.67. The van der Waals surface area contributed by atoms with E-state index in [1.807, 2.05) is 0 Å². The Bertz CT molecular complexity index is 1250. The summed E-state index contributed by atoms with van der Waals surface area (Å²) in [6.45, 7) is 0.941. The molecule has 3 aromatic carbocycles. The lowest BCUT2D eigenvalue weighted by Crippen LogP contribution is -2.23. The molecule has 132 valence electrons. The van der Waals surface area contributed by atoms with E-state index >= 15 is 0 Å². The average molecular weight is 351 g/mol. The van der Waals surface area contributed by atoms with E-state index in [4.69, 9.17) is 26.9 Å². The molecule has 5 rings (SSSR count). The summed E-state index contributed by atoms with van der Waals surface area (Å²) in [7, 11) is 0. The summed E-state index contributed by atoms with van der Waals surface area (Å²) in [4.78, 5) is 9.39. The van der Waals surface area contributed by atoms with Crippen LogP contribution in [0.15, 0.2) is 28.2 Å². The van der Waals surface area contributed by atoms with Crippen molar-refractivity contribution in [3.05, 3.63) is 28.9 Å². The molecule has 1 fully saturated rings. The number of hydrogen-bond donors (Lipinski definition) is 5. The number of phenols is 2. The van der Waals surface area contributed by atoms with E-state index in [1.165, 1.54) is 0 Å². The Kier molecular flexibility index (Phi) is 2.70. The fourth-order valence-corrected chi connectivity index (χ4v) is 3.93. The van der Waals surface area contributed by atoms with Crippen molar-refractivity contribution in [2.24, 2.45) is 9.98 Å². The van der Waals surface area contributed by atoms with E-state index in [-0.39, 0.29) is 28.0 Å². The van der Waals surface area contributed by atoms with Gasteiger partial charge in [0.05, 0.1) is 45.5 Å². The lowest BCUT2D eigenvalue weighted by molar-refractivity contribution is 0.180. The van der Waals surface area contributed by atoms with Gasteiger partial charge in [0.2, 0.25) is 0 Å². The topological polar surface area (TPSA) is 152 Å². The van der Waals surface area contributed by atoms with Gasteiger partial charge in [-0.3, -0.25) is 4.99 Å². The predicted molar refractivity (Wildman–Crippen MR) is 98.5 cm³/mol. The molecule has 0 aliphatic carbocycles. The second-order valence-electron chi connectivity index (χ2n) is 6.78. The molecule has 1 saturated heterocycles. The molecule has 0 bridgehead atoms. The van der Waals surface area contributed by atoms with Gasteiger partial charge in [-0.15, -0.1) is 0 Å². The Morgan fingerprint density at radius 1 is 0.885 bits per heavy atom. The Morgan fingerprint density at radius 2 is 1.50 bits per heavy atom. The molecule has 2 aliphatic heterocycles. The maximum Gasteiger partial charge on any atom is 0.176 e. The van der Waals surface area contributed by atoms with E-state index in [9.17, 15) is 10.2 Å². The van der Waals surface area contributed by atoms with Gasteiger partial charge in [-0.05, 0) is 18.2 Å². The van der Waals surface area contributed by atoms with E-state index < -0.39 is 5.66 Å². The molecule has 8 heteroatoms. The number of anilines is 3. The smallest absolute Gasteiger partial charge is 0.176 e. The molecule has 1 spiro atoms. The van der Waals surface area contributed by atoms with E-state index in [1.54, 1.807) is 18.2 Å². The van der Waals surface area contributed by atoms with Crippen LogP contribution in [-0.2, 0) is 4.74 Å². The summed E-state index contributed by atoms with van der Waals surface area (Å²) >= 11 is 0. The van der Waals surface area contributed by atoms with Crippen LogP contribution in [0, 0.1) is 0 Å². The summed E-state index contributed by atoms with van der Waals surface area (Å²) < 4.78 is 5.45. The SMILES string of the molecule is Nc1ccc(N)c2c(O)c3c4c(cc(N)c3c(O)c12)=NC1(CCOC1)N=4. The maximum absolute atomic E-state index is 11.0. The van der Waals surface area contributed by atoms with Gasteiger partial charge >= 0.3 is 0 Å². The molecule has 26 heavy (non-hydrogen) atoms. The molecule has 0 radical (unpaired) electrons. The van der Waals surface area contributed by atoms with Gasteiger partial charge in [0.15, 0.2) is 5.66 Å². The predicted octanol–water partition coefficient (Wildman–Crippen LogP) is 0.520. The highest BCUT2D eigenvalue weighted by Gasteiger charge is 2.37. The van der Waals surface area contributed by atoms with Crippen molar-refractivity contribution in [1.29, 1.82) is 0 Å². The number of aromatic hydroxyl groups is 2. The van der Waals surface area contributed by atoms with Crippen LogP contribution in [0.1, 0.15) is 6.42 Å². The molecule has 1 unspecified atom stereocenters. The third-order valence-electron chi connectivity index (χ3n) is 5.16. The molecule has 0 amide bonds. The average Bonchev–Trinajstić information content (AvgIpc) is 3.20. The highest BCUT2D eigenvalue weighted by Crippen LogP contribution is 2.46. The van der Waals surface area contributed by atoms with E-state index in [0.717, 1.165) is 0 Å². The van der Waals surface area contributed by atoms with Crippen LogP contribution in [0.3, 0.4) is 0 Å². The monoisotopic (exact) mass is 351 g/mol. The highest BCUT2D eigenvalue weighted by atomic mass is 16.5. The molecular weight excluding hydrogens is 334 g/mol. The van der Waals surface area contributed by atoms with Crippen LogP contribution in [0.2, 0.25) is 0 Å². The number of nitrogens with zero attached hydrogens (tertiary/aromatic N) is 2. The van der Waals surface area contributed by atoms with Gasteiger partial charge in [-0.2, -0.15) is 0 Å². The fourth-order valence-electron chi connectivity index (χ4n) is 3.93. The lowest BCUT2D eigenvalue weighted by Gasteiger charge is -2.14. The number of rotatable bonds is 0. The first-order valence-electron chi connectivity index (χ1n) is 8.23. The number of benzene rings is 3. The van der Waals surface area contributed by atoms with Crippen molar-refractivity contribution in [3.8, 4) is 11.5 Å². The number of hydrogen-bond acceptors (Lipinski definition) is 8. The minimum atomic E-state index is -0.693. The van der Waals surface area contributed by atoms with Crippen molar-refractivity contribution >= 4 is 38.6 Å². The quantitative estimate of drug-likeness (QED) is 0.226. The van der Waals surface area contributed by atoms with Gasteiger partial charge < -0.3 is 32.2 Å². The molecule has 8 N–H and O–H groups in total. The first-order valence-corrected chi connectivity index (χ1v) is 8.23. The van der Waals surface area contributed by atoms with Gasteiger partial charge in [-0.1, -0.05) is 0 Å². The zero-order valence-corrected chi connectivity index (χ0v) is 13.8. The van der Waals surface area contributed by atoms with Crippen LogP contribution in [0.5, 0.6) is 11.5 Å². The van der Waals surface area contributed by atoms with Crippen molar-refractivity contribution in [2.75, 3.05) is 30.4 Å². The van der Waals surface area contributed by atoms with Crippen molar-refractivity contribution < 1.29 is 14.9 Å². The summed E-state index contributed by atoms with van der Waals surface area (Å²) in [6, 6.07) is 4.82. The van der Waals surface area contributed by atoms with Crippen molar-refractivity contribution in [2.45, 2.75) is 12.1 Å². The van der Waals surface area contributed by atoms with Gasteiger partial charge in [0.25, 0.3) is 0 Å². The Balaban J connectivity index is 2.06. The summed E-state index contributed by atoms with van der Waals surface area (Å²) in [5.74, 6) is -0.243. The van der Waals surface area contributed by atoms with Crippen LogP contribution in [0.4, 0.5) is 17.1 Å². The third kappa shape index (κ3) is 1.71. The van der Waals surface area contributed by atoms with E-state index in [2.05, 4.69) is 4.99 Å². The van der Waals surface area contributed by atoms with Crippen LogP contribution >= 0.6 is 0 Å². The van der Waals surface area contributed by atoms with Crippen molar-refractivity contribution in [3.63, 3.8) is 0 Å². The molecule has 3 aromatic rings. The Hall–Kier alpha value is -3.26. The maximum atomic E-state index is 11.0. The molecule has 1 atom stereocenters. The summed E-state index contributed by atoms with van der Waals surface area (Å²) in [6.07, 6.45) is 0.651.